The molecule has 1 aliphatic heterocycles. The van der Waals surface area contributed by atoms with Crippen LogP contribution in [0.2, 0.25) is 0 Å². The first kappa shape index (κ1) is 19.1. The van der Waals surface area contributed by atoms with Crippen LogP contribution in [0.25, 0.3) is 0 Å². The number of anilines is 1. The van der Waals surface area contributed by atoms with Gasteiger partial charge >= 0.3 is 0 Å². The normalized spacial score (nSPS) is 16.0. The van der Waals surface area contributed by atoms with Crippen LogP contribution < -0.4 is 5.32 Å². The molecule has 3 rings (SSSR count). The summed E-state index contributed by atoms with van der Waals surface area (Å²) in [4.78, 5) is 12.6. The summed E-state index contributed by atoms with van der Waals surface area (Å²) in [5, 5.41) is 15.3. The van der Waals surface area contributed by atoms with Crippen molar-refractivity contribution < 1.29 is 17.7 Å². The van der Waals surface area contributed by atoms with Crippen LogP contribution in [0, 0.1) is 31.1 Å². The summed E-state index contributed by atoms with van der Waals surface area (Å²) in [6.07, 6.45) is 0.870. The second kappa shape index (κ2) is 7.50. The number of amides is 1. The fourth-order valence-electron chi connectivity index (χ4n) is 3.20. The van der Waals surface area contributed by atoms with Crippen molar-refractivity contribution in [3.8, 4) is 6.07 Å². The Morgan fingerprint density at radius 3 is 2.41 bits per heavy atom. The van der Waals surface area contributed by atoms with Crippen LogP contribution in [0.1, 0.15) is 29.9 Å². The summed E-state index contributed by atoms with van der Waals surface area (Å²) in [6.45, 7) is 3.70. The van der Waals surface area contributed by atoms with Crippen LogP contribution in [0.15, 0.2) is 33.7 Å². The Hall–Kier alpha value is -2.70. The number of piperidine rings is 1. The molecule has 1 aromatic carbocycles. The number of carbonyl (C=O) groups is 1. The minimum absolute atomic E-state index is 0.114. The first-order chi connectivity index (χ1) is 12.8. The number of aryl methyl sites for hydroxylation is 2. The average Bonchev–Trinajstić information content (AvgIpc) is 3.01. The maximum absolute atomic E-state index is 12.8. The highest BCUT2D eigenvalue weighted by Crippen LogP contribution is 2.28. The number of benzene rings is 1. The van der Waals surface area contributed by atoms with Gasteiger partial charge in [-0.25, -0.2) is 8.42 Å². The highest BCUT2D eigenvalue weighted by atomic mass is 32.2. The molecular formula is C18H20N4O4S. The zero-order valence-corrected chi connectivity index (χ0v) is 15.9. The summed E-state index contributed by atoms with van der Waals surface area (Å²) in [7, 11) is -3.68. The molecule has 1 N–H and O–H groups in total. The number of rotatable bonds is 4. The summed E-state index contributed by atoms with van der Waals surface area (Å²) in [5.74, 6) is -0.140. The van der Waals surface area contributed by atoms with Gasteiger partial charge in [-0.15, -0.1) is 0 Å². The Morgan fingerprint density at radius 1 is 1.26 bits per heavy atom. The van der Waals surface area contributed by atoms with Gasteiger partial charge in [0.2, 0.25) is 15.9 Å². The standard InChI is InChI=1S/C18H20N4O4S/c1-12-17(13(2)26-21-12)27(24,25)22-9-7-15(8-10-22)18(23)20-16-5-3-14(11-19)4-6-16/h3-6,15H,7-10H2,1-2H3,(H,20,23). The molecule has 1 aliphatic rings. The minimum atomic E-state index is -3.68. The van der Waals surface area contributed by atoms with Crippen molar-refractivity contribution in [1.29, 1.82) is 5.26 Å². The number of carbonyl (C=O) groups excluding carboxylic acids is 1. The molecule has 9 heteroatoms. The number of nitrogens with one attached hydrogen (secondary N) is 1. The number of hydrogen-bond donors (Lipinski definition) is 1. The zero-order valence-electron chi connectivity index (χ0n) is 15.1. The van der Waals surface area contributed by atoms with E-state index in [1.165, 1.54) is 4.31 Å². The molecule has 1 aromatic heterocycles. The highest BCUT2D eigenvalue weighted by Gasteiger charge is 2.35. The molecule has 27 heavy (non-hydrogen) atoms. The van der Waals surface area contributed by atoms with E-state index < -0.39 is 10.0 Å². The van der Waals surface area contributed by atoms with Crippen LogP contribution in [0.5, 0.6) is 0 Å². The van der Waals surface area contributed by atoms with Gasteiger partial charge in [-0.3, -0.25) is 4.79 Å². The summed E-state index contributed by atoms with van der Waals surface area (Å²) in [6, 6.07) is 8.64. The van der Waals surface area contributed by atoms with E-state index in [0.717, 1.165) is 0 Å². The summed E-state index contributed by atoms with van der Waals surface area (Å²) in [5.41, 5.74) is 1.48. The van der Waals surface area contributed by atoms with Crippen molar-refractivity contribution in [2.75, 3.05) is 18.4 Å². The molecule has 1 amide bonds. The lowest BCUT2D eigenvalue weighted by atomic mass is 9.97. The van der Waals surface area contributed by atoms with Crippen molar-refractivity contribution in [1.82, 2.24) is 9.46 Å². The molecule has 1 fully saturated rings. The molecule has 2 heterocycles. The van der Waals surface area contributed by atoms with Crippen molar-refractivity contribution in [2.45, 2.75) is 31.6 Å². The topological polar surface area (TPSA) is 116 Å². The maximum Gasteiger partial charge on any atom is 0.248 e. The van der Waals surface area contributed by atoms with E-state index in [2.05, 4.69) is 10.5 Å². The molecule has 0 atom stereocenters. The van der Waals surface area contributed by atoms with E-state index >= 15 is 0 Å². The van der Waals surface area contributed by atoms with E-state index in [1.807, 2.05) is 6.07 Å². The van der Waals surface area contributed by atoms with Crippen molar-refractivity contribution >= 4 is 21.6 Å². The zero-order chi connectivity index (χ0) is 19.6. The molecule has 1 saturated heterocycles. The van der Waals surface area contributed by atoms with Gasteiger partial charge in [-0.05, 0) is 51.0 Å². The van der Waals surface area contributed by atoms with Gasteiger partial charge in [0.15, 0.2) is 5.76 Å². The monoisotopic (exact) mass is 388 g/mol. The molecule has 0 saturated carbocycles. The Kier molecular flexibility index (Phi) is 5.30. The second-order valence-electron chi connectivity index (χ2n) is 6.51. The number of nitriles is 1. The molecule has 0 radical (unpaired) electrons. The second-order valence-corrected chi connectivity index (χ2v) is 8.38. The van der Waals surface area contributed by atoms with E-state index in [4.69, 9.17) is 9.78 Å². The van der Waals surface area contributed by atoms with Gasteiger partial charge in [0.05, 0.1) is 11.6 Å². The number of nitrogens with zero attached hydrogens (tertiary/aromatic N) is 3. The molecule has 2 aromatic rings. The molecular weight excluding hydrogens is 368 g/mol. The molecule has 0 aliphatic carbocycles. The molecule has 142 valence electrons. The van der Waals surface area contributed by atoms with Gasteiger partial charge in [0, 0.05) is 24.7 Å². The Balaban J connectivity index is 1.63. The lowest BCUT2D eigenvalue weighted by Gasteiger charge is -2.30. The minimum Gasteiger partial charge on any atom is -0.360 e. The van der Waals surface area contributed by atoms with Crippen molar-refractivity contribution in [3.05, 3.63) is 41.3 Å². The lowest BCUT2D eigenvalue weighted by molar-refractivity contribution is -0.120. The molecule has 8 nitrogen and oxygen atoms in total. The Labute approximate surface area is 157 Å². The SMILES string of the molecule is Cc1noc(C)c1S(=O)(=O)N1CCC(C(=O)Nc2ccc(C#N)cc2)CC1. The Morgan fingerprint density at radius 2 is 1.89 bits per heavy atom. The van der Waals surface area contributed by atoms with Crippen LogP contribution in [-0.4, -0.2) is 36.9 Å². The molecule has 0 bridgehead atoms. The van der Waals surface area contributed by atoms with Crippen LogP contribution in [-0.2, 0) is 14.8 Å². The van der Waals surface area contributed by atoms with Gasteiger partial charge < -0.3 is 9.84 Å². The van der Waals surface area contributed by atoms with E-state index in [-0.39, 0.29) is 35.6 Å². The fraction of sp³-hybridized carbons (Fsp3) is 0.389. The van der Waals surface area contributed by atoms with Crippen LogP contribution in [0.4, 0.5) is 5.69 Å². The third-order valence-electron chi connectivity index (χ3n) is 4.67. The Bertz CT molecular complexity index is 962. The van der Waals surface area contributed by atoms with Gasteiger partial charge in [-0.1, -0.05) is 5.16 Å². The third kappa shape index (κ3) is 3.86. The van der Waals surface area contributed by atoms with Gasteiger partial charge in [-0.2, -0.15) is 9.57 Å². The molecule has 0 spiro atoms. The van der Waals surface area contributed by atoms with Crippen molar-refractivity contribution in [2.24, 2.45) is 5.92 Å². The van der Waals surface area contributed by atoms with Gasteiger partial charge in [0.25, 0.3) is 0 Å². The predicted molar refractivity (Wildman–Crippen MR) is 97.2 cm³/mol. The molecule has 0 unspecified atom stereocenters. The number of sulfonamides is 1. The average molecular weight is 388 g/mol. The van der Waals surface area contributed by atoms with Crippen LogP contribution in [0.3, 0.4) is 0 Å². The first-order valence-electron chi connectivity index (χ1n) is 8.57. The van der Waals surface area contributed by atoms with E-state index in [1.54, 1.807) is 38.1 Å². The number of hydrogen-bond acceptors (Lipinski definition) is 6. The smallest absolute Gasteiger partial charge is 0.248 e. The quantitative estimate of drug-likeness (QED) is 0.858. The first-order valence-corrected chi connectivity index (χ1v) is 10.0. The third-order valence-corrected chi connectivity index (χ3v) is 6.82. The summed E-state index contributed by atoms with van der Waals surface area (Å²) >= 11 is 0. The summed E-state index contributed by atoms with van der Waals surface area (Å²) < 4.78 is 32.0. The van der Waals surface area contributed by atoms with E-state index in [9.17, 15) is 13.2 Å². The highest BCUT2D eigenvalue weighted by molar-refractivity contribution is 7.89. The lowest BCUT2D eigenvalue weighted by Crippen LogP contribution is -2.41. The van der Waals surface area contributed by atoms with Crippen LogP contribution >= 0.6 is 0 Å². The maximum atomic E-state index is 12.8. The largest absolute Gasteiger partial charge is 0.360 e. The predicted octanol–water partition coefficient (Wildman–Crippen LogP) is 2.20. The van der Waals surface area contributed by atoms with E-state index in [0.29, 0.717) is 29.8 Å². The number of aromatic nitrogens is 1. The van der Waals surface area contributed by atoms with Gasteiger partial charge in [0.1, 0.15) is 10.6 Å². The fourth-order valence-corrected chi connectivity index (χ4v) is 4.96. The van der Waals surface area contributed by atoms with Crippen molar-refractivity contribution in [3.63, 3.8) is 0 Å².